The zero-order valence-electron chi connectivity index (χ0n) is 16.0. The Morgan fingerprint density at radius 3 is 2.39 bits per heavy atom. The Bertz CT molecular complexity index is 1430. The molecule has 0 atom stereocenters. The zero-order valence-corrected chi connectivity index (χ0v) is 16.8. The van der Waals surface area contributed by atoms with E-state index in [0.717, 1.165) is 0 Å². The van der Waals surface area contributed by atoms with Gasteiger partial charge in [0.2, 0.25) is 0 Å². The number of sulfonamides is 1. The summed E-state index contributed by atoms with van der Waals surface area (Å²) in [6, 6.07) is 16.2. The molecule has 0 saturated heterocycles. The van der Waals surface area contributed by atoms with Crippen LogP contribution in [-0.2, 0) is 16.6 Å². The van der Waals surface area contributed by atoms with Crippen LogP contribution in [0.3, 0.4) is 0 Å². The molecule has 3 aromatic carbocycles. The summed E-state index contributed by atoms with van der Waals surface area (Å²) >= 11 is 0. The van der Waals surface area contributed by atoms with Gasteiger partial charge in [-0.3, -0.25) is 9.52 Å². The van der Waals surface area contributed by atoms with Gasteiger partial charge in [-0.1, -0.05) is 18.2 Å². The Morgan fingerprint density at radius 2 is 1.65 bits per heavy atom. The number of carbonyl (C=O) groups excluding carboxylic acids is 1. The van der Waals surface area contributed by atoms with Crippen LogP contribution in [-0.4, -0.2) is 24.3 Å². The van der Waals surface area contributed by atoms with Crippen molar-refractivity contribution in [2.45, 2.75) is 11.4 Å². The first kappa shape index (κ1) is 20.4. The van der Waals surface area contributed by atoms with Gasteiger partial charge in [0.25, 0.3) is 15.9 Å². The number of carbonyl (C=O) groups is 1. The van der Waals surface area contributed by atoms with Crippen LogP contribution in [0.15, 0.2) is 76.4 Å². The van der Waals surface area contributed by atoms with Crippen LogP contribution in [0.25, 0.3) is 11.0 Å². The summed E-state index contributed by atoms with van der Waals surface area (Å²) in [4.78, 5) is 28.6. The second-order valence-electron chi connectivity index (χ2n) is 6.74. The molecule has 31 heavy (non-hydrogen) atoms. The van der Waals surface area contributed by atoms with Crippen LogP contribution in [0, 0.1) is 5.82 Å². The van der Waals surface area contributed by atoms with E-state index < -0.39 is 27.4 Å². The van der Waals surface area contributed by atoms with E-state index in [1.165, 1.54) is 48.5 Å². The van der Waals surface area contributed by atoms with Gasteiger partial charge >= 0.3 is 5.69 Å². The fourth-order valence-corrected chi connectivity index (χ4v) is 4.09. The smallest absolute Gasteiger partial charge is 0.323 e. The van der Waals surface area contributed by atoms with Crippen molar-refractivity contribution in [1.29, 1.82) is 0 Å². The first-order chi connectivity index (χ1) is 14.8. The SMILES string of the molecule is O=C(NCc1ccccc1F)c1ccc(NS(=O)(=O)c2ccc3[nH]c(=O)[nH]c3c2)cc1. The van der Waals surface area contributed by atoms with Crippen molar-refractivity contribution in [2.24, 2.45) is 0 Å². The van der Waals surface area contributed by atoms with Crippen molar-refractivity contribution in [3.8, 4) is 0 Å². The van der Waals surface area contributed by atoms with E-state index in [2.05, 4.69) is 20.0 Å². The lowest BCUT2D eigenvalue weighted by molar-refractivity contribution is 0.0950. The molecule has 0 saturated carbocycles. The molecule has 0 aliphatic carbocycles. The normalized spacial score (nSPS) is 11.4. The Balaban J connectivity index is 1.45. The molecule has 0 aliphatic heterocycles. The minimum Gasteiger partial charge on any atom is -0.348 e. The van der Waals surface area contributed by atoms with Gasteiger partial charge in [0, 0.05) is 23.4 Å². The number of nitrogens with one attached hydrogen (secondary N) is 4. The van der Waals surface area contributed by atoms with Crippen LogP contribution < -0.4 is 15.7 Å². The van der Waals surface area contributed by atoms with Gasteiger partial charge in [0.1, 0.15) is 5.82 Å². The Kier molecular flexibility index (Phi) is 5.30. The molecule has 1 aromatic heterocycles. The highest BCUT2D eigenvalue weighted by atomic mass is 32.2. The van der Waals surface area contributed by atoms with E-state index in [1.54, 1.807) is 18.2 Å². The minimum atomic E-state index is -3.91. The number of benzene rings is 3. The Hall–Kier alpha value is -3.92. The van der Waals surface area contributed by atoms with Crippen LogP contribution in [0.4, 0.5) is 10.1 Å². The molecule has 10 heteroatoms. The minimum absolute atomic E-state index is 0.0260. The largest absolute Gasteiger partial charge is 0.348 e. The van der Waals surface area contributed by atoms with Crippen molar-refractivity contribution < 1.29 is 17.6 Å². The van der Waals surface area contributed by atoms with Gasteiger partial charge in [0.05, 0.1) is 15.9 Å². The molecule has 0 aliphatic rings. The zero-order chi connectivity index (χ0) is 22.0. The highest BCUT2D eigenvalue weighted by Crippen LogP contribution is 2.19. The van der Waals surface area contributed by atoms with Crippen LogP contribution in [0.1, 0.15) is 15.9 Å². The summed E-state index contributed by atoms with van der Waals surface area (Å²) in [6.07, 6.45) is 0. The summed E-state index contributed by atoms with van der Waals surface area (Å²) in [7, 11) is -3.91. The lowest BCUT2D eigenvalue weighted by Crippen LogP contribution is -2.23. The van der Waals surface area contributed by atoms with Crippen molar-refractivity contribution in [1.82, 2.24) is 15.3 Å². The van der Waals surface area contributed by atoms with E-state index in [-0.39, 0.29) is 17.1 Å². The van der Waals surface area contributed by atoms with Crippen molar-refractivity contribution in [3.05, 3.63) is 94.2 Å². The molecular weight excluding hydrogens is 423 g/mol. The van der Waals surface area contributed by atoms with Gasteiger partial charge < -0.3 is 15.3 Å². The third-order valence-corrected chi connectivity index (χ3v) is 5.97. The number of hydrogen-bond acceptors (Lipinski definition) is 4. The molecule has 0 spiro atoms. The third-order valence-electron chi connectivity index (χ3n) is 4.59. The van der Waals surface area contributed by atoms with Crippen molar-refractivity contribution >= 4 is 32.7 Å². The number of H-pyrrole nitrogens is 2. The lowest BCUT2D eigenvalue weighted by Gasteiger charge is -2.10. The van der Waals surface area contributed by atoms with Crippen molar-refractivity contribution in [2.75, 3.05) is 4.72 Å². The number of anilines is 1. The average Bonchev–Trinajstić information content (AvgIpc) is 3.12. The summed E-state index contributed by atoms with van der Waals surface area (Å²) in [5.74, 6) is -0.825. The molecule has 4 aromatic rings. The quantitative estimate of drug-likeness (QED) is 0.368. The molecule has 0 unspecified atom stereocenters. The monoisotopic (exact) mass is 440 g/mol. The molecule has 0 bridgehead atoms. The second kappa shape index (κ2) is 8.07. The molecule has 158 valence electrons. The Labute approximate surface area is 176 Å². The van der Waals surface area contributed by atoms with E-state index in [9.17, 15) is 22.4 Å². The summed E-state index contributed by atoms with van der Waals surface area (Å²) in [5.41, 5.74) is 1.35. The number of hydrogen-bond donors (Lipinski definition) is 4. The first-order valence-corrected chi connectivity index (χ1v) is 10.7. The predicted octanol–water partition coefficient (Wildman–Crippen LogP) is 2.73. The van der Waals surface area contributed by atoms with Gasteiger partial charge in [-0.2, -0.15) is 0 Å². The van der Waals surface area contributed by atoms with Crippen LogP contribution in [0.5, 0.6) is 0 Å². The van der Waals surface area contributed by atoms with Gasteiger partial charge in [-0.25, -0.2) is 17.6 Å². The van der Waals surface area contributed by atoms with Crippen LogP contribution >= 0.6 is 0 Å². The fourth-order valence-electron chi connectivity index (χ4n) is 3.00. The number of amides is 1. The Morgan fingerprint density at radius 1 is 0.935 bits per heavy atom. The third kappa shape index (κ3) is 4.48. The maximum Gasteiger partial charge on any atom is 0.323 e. The number of imidazole rings is 1. The van der Waals surface area contributed by atoms with Gasteiger partial charge in [-0.05, 0) is 48.5 Å². The highest BCUT2D eigenvalue weighted by Gasteiger charge is 2.16. The molecule has 4 N–H and O–H groups in total. The summed E-state index contributed by atoms with van der Waals surface area (Å²) in [6.45, 7) is 0.0314. The van der Waals surface area contributed by atoms with Gasteiger partial charge in [-0.15, -0.1) is 0 Å². The lowest BCUT2D eigenvalue weighted by atomic mass is 10.1. The van der Waals surface area contributed by atoms with E-state index in [4.69, 9.17) is 0 Å². The first-order valence-electron chi connectivity index (χ1n) is 9.18. The molecule has 0 fully saturated rings. The number of aromatic nitrogens is 2. The topological polar surface area (TPSA) is 124 Å². The average molecular weight is 440 g/mol. The van der Waals surface area contributed by atoms with Crippen LogP contribution in [0.2, 0.25) is 0 Å². The number of rotatable bonds is 6. The molecule has 8 nitrogen and oxygen atoms in total. The van der Waals surface area contributed by atoms with E-state index in [1.807, 2.05) is 0 Å². The molecule has 4 rings (SSSR count). The summed E-state index contributed by atoms with van der Waals surface area (Å²) < 4.78 is 41.3. The summed E-state index contributed by atoms with van der Waals surface area (Å²) in [5, 5.41) is 2.62. The maximum atomic E-state index is 13.6. The number of fused-ring (bicyclic) bond motifs is 1. The van der Waals surface area contributed by atoms with Crippen molar-refractivity contribution in [3.63, 3.8) is 0 Å². The molecule has 0 radical (unpaired) electrons. The highest BCUT2D eigenvalue weighted by molar-refractivity contribution is 7.92. The second-order valence-corrected chi connectivity index (χ2v) is 8.43. The maximum absolute atomic E-state index is 13.6. The van der Waals surface area contributed by atoms with E-state index >= 15 is 0 Å². The predicted molar refractivity (Wildman–Crippen MR) is 114 cm³/mol. The molecule has 1 heterocycles. The standard InChI is InChI=1S/C21H17FN4O4S/c22-17-4-2-1-3-14(17)12-23-20(27)13-5-7-15(8-6-13)26-31(29,30)16-9-10-18-19(11-16)25-21(28)24-18/h1-11,26H,12H2,(H,23,27)(H2,24,25,28). The van der Waals surface area contributed by atoms with Gasteiger partial charge in [0.15, 0.2) is 0 Å². The number of halogens is 1. The molecular formula is C21H17FN4O4S. The molecule has 1 amide bonds. The van der Waals surface area contributed by atoms with E-state index in [0.29, 0.717) is 22.2 Å². The fraction of sp³-hybridized carbons (Fsp3) is 0.0476. The number of aromatic amines is 2.